The predicted octanol–water partition coefficient (Wildman–Crippen LogP) is 2.82. The summed E-state index contributed by atoms with van der Waals surface area (Å²) < 4.78 is 12.9. The minimum absolute atomic E-state index is 0.0606. The normalized spacial score (nSPS) is 10.1. The zero-order valence-electron chi connectivity index (χ0n) is 9.93. The first kappa shape index (κ1) is 14.0. The summed E-state index contributed by atoms with van der Waals surface area (Å²) in [4.78, 5) is 26.1. The first-order valence-electron chi connectivity index (χ1n) is 5.43. The smallest absolute Gasteiger partial charge is 0.337 e. The van der Waals surface area contributed by atoms with Crippen molar-refractivity contribution in [2.24, 2.45) is 0 Å². The lowest BCUT2D eigenvalue weighted by molar-refractivity contribution is 0.0696. The van der Waals surface area contributed by atoms with Crippen molar-refractivity contribution in [2.45, 2.75) is 0 Å². The molecule has 20 heavy (non-hydrogen) atoms. The summed E-state index contributed by atoms with van der Waals surface area (Å²) in [6.07, 6.45) is 1.16. The molecule has 7 heteroatoms. The van der Waals surface area contributed by atoms with E-state index in [2.05, 4.69) is 10.3 Å². The van der Waals surface area contributed by atoms with E-state index in [1.165, 1.54) is 24.3 Å². The minimum Gasteiger partial charge on any atom is -0.478 e. The van der Waals surface area contributed by atoms with E-state index < -0.39 is 17.8 Å². The Morgan fingerprint density at radius 1 is 1.25 bits per heavy atom. The van der Waals surface area contributed by atoms with E-state index in [1.54, 1.807) is 0 Å². The van der Waals surface area contributed by atoms with E-state index in [9.17, 15) is 14.0 Å². The highest BCUT2D eigenvalue weighted by atomic mass is 35.5. The summed E-state index contributed by atoms with van der Waals surface area (Å²) >= 11 is 5.71. The summed E-state index contributed by atoms with van der Waals surface area (Å²) in [5, 5.41) is 11.4. The lowest BCUT2D eigenvalue weighted by Crippen LogP contribution is -2.13. The molecule has 2 rings (SSSR count). The largest absolute Gasteiger partial charge is 0.478 e. The van der Waals surface area contributed by atoms with Crippen LogP contribution < -0.4 is 5.32 Å². The zero-order valence-corrected chi connectivity index (χ0v) is 10.7. The third-order valence-corrected chi connectivity index (χ3v) is 2.77. The molecule has 2 N–H and O–H groups in total. The van der Waals surface area contributed by atoms with Crippen molar-refractivity contribution in [1.82, 2.24) is 4.98 Å². The number of carbonyl (C=O) groups is 2. The van der Waals surface area contributed by atoms with Crippen LogP contribution in [0.3, 0.4) is 0 Å². The van der Waals surface area contributed by atoms with Crippen molar-refractivity contribution in [3.05, 3.63) is 58.6 Å². The number of aromatic nitrogens is 1. The number of carboxylic acids is 1. The van der Waals surface area contributed by atoms with Crippen molar-refractivity contribution in [3.8, 4) is 0 Å². The van der Waals surface area contributed by atoms with Crippen LogP contribution in [0.15, 0.2) is 36.5 Å². The van der Waals surface area contributed by atoms with Gasteiger partial charge in [-0.3, -0.25) is 4.79 Å². The van der Waals surface area contributed by atoms with Crippen molar-refractivity contribution in [3.63, 3.8) is 0 Å². The van der Waals surface area contributed by atoms with Crippen LogP contribution in [0.25, 0.3) is 0 Å². The number of hydrogen-bond acceptors (Lipinski definition) is 3. The monoisotopic (exact) mass is 294 g/mol. The third kappa shape index (κ3) is 3.10. The van der Waals surface area contributed by atoms with Gasteiger partial charge in [-0.1, -0.05) is 11.6 Å². The van der Waals surface area contributed by atoms with Crippen molar-refractivity contribution in [1.29, 1.82) is 0 Å². The fourth-order valence-corrected chi connectivity index (χ4v) is 1.71. The fraction of sp³-hybridized carbons (Fsp3) is 0. The van der Waals surface area contributed by atoms with Crippen LogP contribution in [-0.2, 0) is 0 Å². The van der Waals surface area contributed by atoms with E-state index in [0.29, 0.717) is 0 Å². The number of rotatable bonds is 3. The average molecular weight is 295 g/mol. The number of nitrogens with one attached hydrogen (secondary N) is 1. The molecule has 0 aliphatic heterocycles. The number of benzene rings is 1. The number of carboxylic acid groups (broad SMARTS) is 1. The first-order chi connectivity index (χ1) is 9.47. The van der Waals surface area contributed by atoms with E-state index in [-0.39, 0.29) is 21.8 Å². The predicted molar refractivity (Wildman–Crippen MR) is 70.6 cm³/mol. The molecular formula is C13H8ClFN2O3. The highest BCUT2D eigenvalue weighted by Gasteiger charge is 2.12. The number of amides is 1. The Bertz CT molecular complexity index is 691. The Morgan fingerprint density at radius 3 is 2.65 bits per heavy atom. The molecule has 1 amide bonds. The SMILES string of the molecule is O=C(Nc1ccc(Cl)c(C(=O)O)c1)c1ccnc(F)c1. The van der Waals surface area contributed by atoms with Crippen LogP contribution >= 0.6 is 11.6 Å². The van der Waals surface area contributed by atoms with Gasteiger partial charge in [0, 0.05) is 23.5 Å². The molecule has 1 aromatic carbocycles. The molecule has 5 nitrogen and oxygen atoms in total. The van der Waals surface area contributed by atoms with E-state index >= 15 is 0 Å². The molecule has 0 unspecified atom stereocenters. The van der Waals surface area contributed by atoms with Gasteiger partial charge in [0.05, 0.1) is 10.6 Å². The van der Waals surface area contributed by atoms with Gasteiger partial charge in [0.2, 0.25) is 5.95 Å². The number of carbonyl (C=O) groups excluding carboxylic acids is 1. The van der Waals surface area contributed by atoms with Crippen LogP contribution in [0.2, 0.25) is 5.02 Å². The Morgan fingerprint density at radius 2 is 2.00 bits per heavy atom. The summed E-state index contributed by atoms with van der Waals surface area (Å²) in [5.74, 6) is -2.56. The molecule has 2 aromatic rings. The number of aromatic carboxylic acids is 1. The van der Waals surface area contributed by atoms with E-state index in [1.807, 2.05) is 0 Å². The second-order valence-electron chi connectivity index (χ2n) is 3.82. The highest BCUT2D eigenvalue weighted by molar-refractivity contribution is 6.33. The van der Waals surface area contributed by atoms with E-state index in [0.717, 1.165) is 12.3 Å². The molecule has 0 bridgehead atoms. The van der Waals surface area contributed by atoms with Gasteiger partial charge in [-0.05, 0) is 24.3 Å². The van der Waals surface area contributed by atoms with Crippen molar-refractivity contribution < 1.29 is 19.1 Å². The topological polar surface area (TPSA) is 79.3 Å². The summed E-state index contributed by atoms with van der Waals surface area (Å²) in [6, 6.07) is 6.34. The summed E-state index contributed by atoms with van der Waals surface area (Å²) in [5.41, 5.74) is 0.184. The summed E-state index contributed by atoms with van der Waals surface area (Å²) in [6.45, 7) is 0. The Balaban J connectivity index is 2.24. The maximum atomic E-state index is 12.9. The lowest BCUT2D eigenvalue weighted by Gasteiger charge is -2.07. The molecule has 0 saturated carbocycles. The Hall–Kier alpha value is -2.47. The molecule has 0 spiro atoms. The number of hydrogen-bond donors (Lipinski definition) is 2. The van der Waals surface area contributed by atoms with Crippen LogP contribution in [0.4, 0.5) is 10.1 Å². The fourth-order valence-electron chi connectivity index (χ4n) is 1.51. The summed E-state index contributed by atoms with van der Waals surface area (Å²) in [7, 11) is 0. The van der Waals surface area contributed by atoms with Crippen LogP contribution in [-0.4, -0.2) is 22.0 Å². The van der Waals surface area contributed by atoms with Gasteiger partial charge in [0.25, 0.3) is 5.91 Å². The van der Waals surface area contributed by atoms with Gasteiger partial charge in [0.1, 0.15) is 0 Å². The van der Waals surface area contributed by atoms with Gasteiger partial charge < -0.3 is 10.4 Å². The molecule has 0 atom stereocenters. The van der Waals surface area contributed by atoms with E-state index in [4.69, 9.17) is 16.7 Å². The van der Waals surface area contributed by atoms with Crippen LogP contribution in [0, 0.1) is 5.95 Å². The van der Waals surface area contributed by atoms with Crippen molar-refractivity contribution >= 4 is 29.2 Å². The molecule has 0 aliphatic rings. The molecule has 0 fully saturated rings. The number of nitrogens with zero attached hydrogens (tertiary/aromatic N) is 1. The second kappa shape index (κ2) is 5.66. The number of halogens is 2. The first-order valence-corrected chi connectivity index (χ1v) is 5.81. The van der Waals surface area contributed by atoms with Gasteiger partial charge in [-0.15, -0.1) is 0 Å². The van der Waals surface area contributed by atoms with Crippen LogP contribution in [0.5, 0.6) is 0 Å². The van der Waals surface area contributed by atoms with Crippen molar-refractivity contribution in [2.75, 3.05) is 5.32 Å². The molecule has 1 heterocycles. The standard InChI is InChI=1S/C13H8ClFN2O3/c14-10-2-1-8(6-9(10)13(19)20)17-12(18)7-3-4-16-11(15)5-7/h1-6H,(H,17,18)(H,19,20). The molecule has 1 aromatic heterocycles. The number of anilines is 1. The molecule has 102 valence electrons. The van der Waals surface area contributed by atoms with Gasteiger partial charge in [-0.25, -0.2) is 9.78 Å². The molecule has 0 radical (unpaired) electrons. The average Bonchev–Trinajstić information content (AvgIpc) is 2.40. The lowest BCUT2D eigenvalue weighted by atomic mass is 10.2. The molecule has 0 aliphatic carbocycles. The quantitative estimate of drug-likeness (QED) is 0.853. The third-order valence-electron chi connectivity index (χ3n) is 2.44. The maximum Gasteiger partial charge on any atom is 0.337 e. The number of pyridine rings is 1. The molecule has 0 saturated heterocycles. The second-order valence-corrected chi connectivity index (χ2v) is 4.23. The maximum absolute atomic E-state index is 12.9. The Kier molecular flexibility index (Phi) is 3.95. The molecular weight excluding hydrogens is 287 g/mol. The Labute approximate surface area is 118 Å². The van der Waals surface area contributed by atoms with Crippen LogP contribution in [0.1, 0.15) is 20.7 Å². The van der Waals surface area contributed by atoms with Gasteiger partial charge >= 0.3 is 5.97 Å². The minimum atomic E-state index is -1.21. The van der Waals surface area contributed by atoms with Gasteiger partial charge in [0.15, 0.2) is 0 Å². The zero-order chi connectivity index (χ0) is 14.7. The highest BCUT2D eigenvalue weighted by Crippen LogP contribution is 2.21. The van der Waals surface area contributed by atoms with Gasteiger partial charge in [-0.2, -0.15) is 4.39 Å².